The molecule has 2 aliphatic heterocycles. The van der Waals surface area contributed by atoms with Crippen LogP contribution in [-0.4, -0.2) is 72.6 Å². The maximum atomic E-state index is 13.3. The van der Waals surface area contributed by atoms with Gasteiger partial charge in [-0.05, 0) is 43.9 Å². The van der Waals surface area contributed by atoms with Crippen LogP contribution in [0.5, 0.6) is 0 Å². The lowest BCUT2D eigenvalue weighted by Gasteiger charge is -2.45. The number of carbonyl (C=O) groups is 2. The second-order valence-electron chi connectivity index (χ2n) is 8.53. The van der Waals surface area contributed by atoms with E-state index in [1.807, 2.05) is 29.0 Å². The van der Waals surface area contributed by atoms with E-state index in [9.17, 15) is 14.8 Å². The van der Waals surface area contributed by atoms with Gasteiger partial charge in [-0.3, -0.25) is 19.7 Å². The number of rotatable bonds is 3. The molecule has 4 rings (SSSR count). The first-order chi connectivity index (χ1) is 13.8. The Balaban J connectivity index is 1.45. The Labute approximate surface area is 180 Å². The first-order valence-corrected chi connectivity index (χ1v) is 10.7. The molecule has 1 aliphatic carbocycles. The predicted octanol–water partition coefficient (Wildman–Crippen LogP) is 2.25. The topological polar surface area (TPSA) is 76.1 Å². The van der Waals surface area contributed by atoms with Gasteiger partial charge in [0.15, 0.2) is 0 Å². The quantitative estimate of drug-likeness (QED) is 0.556. The molecule has 1 spiro atoms. The fraction of sp³-hybridized carbons (Fsp3) is 0.600. The van der Waals surface area contributed by atoms with Gasteiger partial charge in [0.05, 0.1) is 21.7 Å². The average molecular weight is 441 g/mol. The Morgan fingerprint density at radius 2 is 1.86 bits per heavy atom. The molecule has 0 radical (unpaired) electrons. The molecule has 2 N–H and O–H groups in total. The summed E-state index contributed by atoms with van der Waals surface area (Å²) in [7, 11) is 1.90. The number of hydrogen-bond acceptors (Lipinski definition) is 5. The van der Waals surface area contributed by atoms with Gasteiger partial charge in [0.25, 0.3) is 0 Å². The number of piperazine rings is 1. The third-order valence-electron chi connectivity index (χ3n) is 6.61. The number of benzene rings is 1. The first-order valence-electron chi connectivity index (χ1n) is 9.97. The lowest BCUT2D eigenvalue weighted by Crippen LogP contribution is -2.61. The van der Waals surface area contributed by atoms with Crippen LogP contribution in [-0.2, 0) is 9.59 Å². The molecular formula is C20H26Cl2N4O3. The van der Waals surface area contributed by atoms with Crippen molar-refractivity contribution in [2.24, 2.45) is 11.3 Å². The van der Waals surface area contributed by atoms with Crippen molar-refractivity contribution in [3.63, 3.8) is 0 Å². The fourth-order valence-corrected chi connectivity index (χ4v) is 5.30. The van der Waals surface area contributed by atoms with Gasteiger partial charge in [0.2, 0.25) is 11.8 Å². The number of anilines is 1. The van der Waals surface area contributed by atoms with E-state index in [-0.39, 0.29) is 11.3 Å². The minimum Gasteiger partial charge on any atom is -0.367 e. The summed E-state index contributed by atoms with van der Waals surface area (Å²) < 4.78 is 0. The van der Waals surface area contributed by atoms with Gasteiger partial charge in [-0.25, -0.2) is 5.48 Å². The number of piperidine rings is 1. The molecule has 9 heteroatoms. The van der Waals surface area contributed by atoms with E-state index in [0.29, 0.717) is 42.6 Å². The average Bonchev–Trinajstić information content (AvgIpc) is 3.47. The van der Waals surface area contributed by atoms with Crippen molar-refractivity contribution in [1.29, 1.82) is 0 Å². The maximum absolute atomic E-state index is 13.3. The lowest BCUT2D eigenvalue weighted by molar-refractivity contribution is -0.150. The Hall–Kier alpha value is -1.54. The van der Waals surface area contributed by atoms with Crippen LogP contribution in [0, 0.1) is 11.3 Å². The molecule has 1 saturated carbocycles. The van der Waals surface area contributed by atoms with Crippen molar-refractivity contribution in [1.82, 2.24) is 15.3 Å². The summed E-state index contributed by atoms with van der Waals surface area (Å²) in [6.07, 6.45) is 2.80. The van der Waals surface area contributed by atoms with Gasteiger partial charge in [0, 0.05) is 32.7 Å². The third-order valence-corrected chi connectivity index (χ3v) is 7.42. The molecule has 29 heavy (non-hydrogen) atoms. The number of nitrogens with zero attached hydrogens (tertiary/aromatic N) is 3. The number of likely N-dealkylation sites (tertiary alicyclic amines) is 1. The molecule has 3 fully saturated rings. The summed E-state index contributed by atoms with van der Waals surface area (Å²) in [6, 6.07) is 5.00. The lowest BCUT2D eigenvalue weighted by atomic mass is 9.80. The summed E-state index contributed by atoms with van der Waals surface area (Å²) in [5, 5.41) is 10.2. The smallest absolute Gasteiger partial charge is 0.248 e. The SMILES string of the molecule is CN1CC2(CC2)CC(C(=O)NO)C1C(=O)N1CCN(c2cccc(Cl)c2Cl)CC1. The molecule has 1 aromatic carbocycles. The Morgan fingerprint density at radius 3 is 2.48 bits per heavy atom. The Morgan fingerprint density at radius 1 is 1.17 bits per heavy atom. The number of hydroxylamine groups is 1. The van der Waals surface area contributed by atoms with Crippen molar-refractivity contribution < 1.29 is 14.8 Å². The van der Waals surface area contributed by atoms with Crippen LogP contribution in [0.3, 0.4) is 0 Å². The summed E-state index contributed by atoms with van der Waals surface area (Å²) in [5.41, 5.74) is 2.78. The second kappa shape index (κ2) is 7.95. The number of carbonyl (C=O) groups excluding carboxylic acids is 2. The molecule has 2 atom stereocenters. The minimum atomic E-state index is -0.547. The van der Waals surface area contributed by atoms with Gasteiger partial charge in [-0.2, -0.15) is 0 Å². The second-order valence-corrected chi connectivity index (χ2v) is 9.32. The van der Waals surface area contributed by atoms with Gasteiger partial charge in [-0.15, -0.1) is 0 Å². The van der Waals surface area contributed by atoms with Crippen molar-refractivity contribution in [2.75, 3.05) is 44.7 Å². The van der Waals surface area contributed by atoms with Crippen molar-refractivity contribution in [2.45, 2.75) is 25.3 Å². The molecule has 2 unspecified atom stereocenters. The van der Waals surface area contributed by atoms with Gasteiger partial charge in [0.1, 0.15) is 6.04 Å². The standard InChI is InChI=1S/C20H26Cl2N4O3/c1-24-12-20(5-6-20)11-13(18(27)23-29)17(24)19(28)26-9-7-25(8-10-26)15-4-2-3-14(21)16(15)22/h2-4,13,17,29H,5-12H2,1H3,(H,23,27). The van der Waals surface area contributed by atoms with Crippen LogP contribution in [0.25, 0.3) is 0 Å². The van der Waals surface area contributed by atoms with E-state index in [2.05, 4.69) is 4.90 Å². The Bertz CT molecular complexity index is 809. The molecule has 0 bridgehead atoms. The van der Waals surface area contributed by atoms with Gasteiger partial charge >= 0.3 is 0 Å². The number of likely N-dealkylation sites (N-methyl/N-ethyl adjacent to an activating group) is 1. The van der Waals surface area contributed by atoms with Crippen LogP contribution in [0.2, 0.25) is 10.0 Å². The largest absolute Gasteiger partial charge is 0.367 e. The molecule has 158 valence electrons. The van der Waals surface area contributed by atoms with Crippen molar-refractivity contribution >= 4 is 40.7 Å². The highest BCUT2D eigenvalue weighted by molar-refractivity contribution is 6.43. The van der Waals surface area contributed by atoms with Crippen LogP contribution < -0.4 is 10.4 Å². The van der Waals surface area contributed by atoms with Gasteiger partial charge < -0.3 is 9.80 Å². The minimum absolute atomic E-state index is 0.0477. The van der Waals surface area contributed by atoms with E-state index < -0.39 is 17.9 Å². The molecular weight excluding hydrogens is 415 g/mol. The van der Waals surface area contributed by atoms with E-state index in [1.54, 1.807) is 11.5 Å². The maximum Gasteiger partial charge on any atom is 0.248 e. The van der Waals surface area contributed by atoms with Gasteiger partial charge in [-0.1, -0.05) is 29.3 Å². The molecule has 2 heterocycles. The zero-order valence-corrected chi connectivity index (χ0v) is 17.9. The highest BCUT2D eigenvalue weighted by atomic mass is 35.5. The summed E-state index contributed by atoms with van der Waals surface area (Å²) in [5.74, 6) is -1.05. The number of nitrogens with one attached hydrogen (secondary N) is 1. The van der Waals surface area contributed by atoms with Crippen LogP contribution in [0.15, 0.2) is 18.2 Å². The molecule has 2 saturated heterocycles. The number of halogens is 2. The molecule has 2 amide bonds. The summed E-state index contributed by atoms with van der Waals surface area (Å²) >= 11 is 12.5. The number of hydrogen-bond donors (Lipinski definition) is 2. The highest BCUT2D eigenvalue weighted by Crippen LogP contribution is 2.54. The predicted molar refractivity (Wildman–Crippen MR) is 111 cm³/mol. The Kier molecular flexibility index (Phi) is 5.68. The van der Waals surface area contributed by atoms with Crippen LogP contribution in [0.4, 0.5) is 5.69 Å². The zero-order chi connectivity index (χ0) is 20.8. The van der Waals surface area contributed by atoms with Crippen LogP contribution >= 0.6 is 23.2 Å². The summed E-state index contributed by atoms with van der Waals surface area (Å²) in [4.78, 5) is 31.6. The normalized spacial score (nSPS) is 26.5. The van der Waals surface area contributed by atoms with Crippen molar-refractivity contribution in [3.8, 4) is 0 Å². The third kappa shape index (κ3) is 3.93. The molecule has 0 aromatic heterocycles. The van der Waals surface area contributed by atoms with E-state index in [1.165, 1.54) is 0 Å². The first kappa shape index (κ1) is 20.7. The monoisotopic (exact) mass is 440 g/mol. The van der Waals surface area contributed by atoms with E-state index >= 15 is 0 Å². The summed E-state index contributed by atoms with van der Waals surface area (Å²) in [6.45, 7) is 3.19. The van der Waals surface area contributed by atoms with Crippen molar-refractivity contribution in [3.05, 3.63) is 28.2 Å². The van der Waals surface area contributed by atoms with Crippen LogP contribution in [0.1, 0.15) is 19.3 Å². The number of amides is 2. The van der Waals surface area contributed by atoms with E-state index in [4.69, 9.17) is 23.2 Å². The zero-order valence-electron chi connectivity index (χ0n) is 16.4. The van der Waals surface area contributed by atoms with E-state index in [0.717, 1.165) is 25.1 Å². The highest BCUT2D eigenvalue weighted by Gasteiger charge is 2.55. The fourth-order valence-electron chi connectivity index (χ4n) is 4.89. The molecule has 3 aliphatic rings. The molecule has 1 aromatic rings. The molecule has 7 nitrogen and oxygen atoms in total.